The summed E-state index contributed by atoms with van der Waals surface area (Å²) in [5, 5.41) is 1.32. The van der Waals surface area contributed by atoms with E-state index in [1.807, 2.05) is 0 Å². The van der Waals surface area contributed by atoms with Gasteiger partial charge in [0.05, 0.1) is 0 Å². The number of fused-ring (bicyclic) bond motifs is 1. The maximum atomic E-state index is 12.5. The molecule has 21 heavy (non-hydrogen) atoms. The van der Waals surface area contributed by atoms with Gasteiger partial charge in [-0.25, -0.2) is 4.98 Å². The average Bonchev–Trinajstić information content (AvgIpc) is 2.43. The van der Waals surface area contributed by atoms with E-state index in [4.69, 9.17) is 5.73 Å². The van der Waals surface area contributed by atoms with E-state index < -0.39 is 18.6 Å². The molecule has 0 spiro atoms. The van der Waals surface area contributed by atoms with Gasteiger partial charge < -0.3 is 10.6 Å². The molecule has 0 aliphatic rings. The summed E-state index contributed by atoms with van der Waals surface area (Å²) < 4.78 is 37.4. The van der Waals surface area contributed by atoms with Crippen LogP contribution in [0.2, 0.25) is 0 Å². The molecule has 4 nitrogen and oxygen atoms in total. The van der Waals surface area contributed by atoms with Crippen LogP contribution in [0.3, 0.4) is 0 Å². The van der Waals surface area contributed by atoms with E-state index in [1.165, 1.54) is 13.0 Å². The van der Waals surface area contributed by atoms with Gasteiger partial charge in [0, 0.05) is 11.9 Å². The highest BCUT2D eigenvalue weighted by atomic mass is 19.4. The van der Waals surface area contributed by atoms with Crippen LogP contribution >= 0.6 is 0 Å². The Balaban J connectivity index is 2.38. The lowest BCUT2D eigenvalue weighted by atomic mass is 10.1. The topological polar surface area (TPSA) is 59.2 Å². The van der Waals surface area contributed by atoms with Crippen LogP contribution in [0.1, 0.15) is 17.4 Å². The molecular weight excluding hydrogens is 283 g/mol. The first-order valence-corrected chi connectivity index (χ1v) is 6.33. The van der Waals surface area contributed by atoms with Gasteiger partial charge in [-0.15, -0.1) is 0 Å². The van der Waals surface area contributed by atoms with Gasteiger partial charge >= 0.3 is 6.18 Å². The smallest absolute Gasteiger partial charge is 0.383 e. The highest BCUT2D eigenvalue weighted by Crippen LogP contribution is 2.22. The van der Waals surface area contributed by atoms with Crippen LogP contribution in [-0.4, -0.2) is 35.1 Å². The van der Waals surface area contributed by atoms with Crippen molar-refractivity contribution in [1.82, 2.24) is 9.88 Å². The van der Waals surface area contributed by atoms with Crippen LogP contribution < -0.4 is 5.73 Å². The number of hydrogen-bond acceptors (Lipinski definition) is 3. The number of benzene rings is 1. The average molecular weight is 297 g/mol. The molecule has 1 amide bonds. The third kappa shape index (κ3) is 3.42. The zero-order chi connectivity index (χ0) is 15.6. The third-order valence-corrected chi connectivity index (χ3v) is 3.03. The number of carbonyl (C=O) groups is 1. The highest BCUT2D eigenvalue weighted by Gasteiger charge is 2.33. The third-order valence-electron chi connectivity index (χ3n) is 3.03. The molecule has 0 radical (unpaired) electrons. The minimum atomic E-state index is -4.45. The van der Waals surface area contributed by atoms with E-state index in [2.05, 4.69) is 4.98 Å². The fourth-order valence-electron chi connectivity index (χ4n) is 2.04. The number of hydrogen-bond donors (Lipinski definition) is 1. The zero-order valence-electron chi connectivity index (χ0n) is 11.3. The van der Waals surface area contributed by atoms with E-state index in [-0.39, 0.29) is 18.1 Å². The van der Waals surface area contributed by atoms with Crippen LogP contribution in [0.4, 0.5) is 19.0 Å². The van der Waals surface area contributed by atoms with Crippen LogP contribution in [0.25, 0.3) is 10.8 Å². The Morgan fingerprint density at radius 1 is 1.33 bits per heavy atom. The number of carbonyl (C=O) groups excluding carboxylic acids is 1. The van der Waals surface area contributed by atoms with Crippen molar-refractivity contribution in [2.24, 2.45) is 0 Å². The quantitative estimate of drug-likeness (QED) is 0.947. The minimum absolute atomic E-state index is 0.0627. The van der Waals surface area contributed by atoms with Crippen LogP contribution in [-0.2, 0) is 0 Å². The van der Waals surface area contributed by atoms with Crippen LogP contribution in [0, 0.1) is 0 Å². The summed E-state index contributed by atoms with van der Waals surface area (Å²) in [6, 6.07) is 8.43. The molecule has 1 aromatic carbocycles. The van der Waals surface area contributed by atoms with Gasteiger partial charge in [0.2, 0.25) is 0 Å². The lowest BCUT2D eigenvalue weighted by Crippen LogP contribution is -2.39. The first-order valence-electron chi connectivity index (χ1n) is 6.33. The number of anilines is 1. The summed E-state index contributed by atoms with van der Waals surface area (Å²) >= 11 is 0. The monoisotopic (exact) mass is 297 g/mol. The van der Waals surface area contributed by atoms with E-state index in [0.29, 0.717) is 15.7 Å². The molecular formula is C14H14F3N3O. The van der Waals surface area contributed by atoms with Gasteiger partial charge in [-0.05, 0) is 18.4 Å². The normalized spacial score (nSPS) is 11.6. The number of nitrogens with zero attached hydrogens (tertiary/aromatic N) is 2. The predicted octanol–water partition coefficient (Wildman–Crippen LogP) is 2.84. The number of alkyl halides is 3. The van der Waals surface area contributed by atoms with Gasteiger partial charge in [0.25, 0.3) is 5.91 Å². The summed E-state index contributed by atoms with van der Waals surface area (Å²) in [6.07, 6.45) is -4.45. The molecule has 0 fully saturated rings. The van der Waals surface area contributed by atoms with Crippen molar-refractivity contribution >= 4 is 22.5 Å². The Bertz CT molecular complexity index is 670. The number of nitrogen functional groups attached to an aromatic ring is 1. The number of amides is 1. The Labute approximate surface area is 119 Å². The second-order valence-electron chi connectivity index (χ2n) is 4.55. The molecule has 0 unspecified atom stereocenters. The van der Waals surface area contributed by atoms with Crippen molar-refractivity contribution in [2.45, 2.75) is 13.1 Å². The maximum Gasteiger partial charge on any atom is 0.406 e. The number of nitrogens with two attached hydrogens (primary N) is 1. The van der Waals surface area contributed by atoms with E-state index in [9.17, 15) is 18.0 Å². The SMILES string of the molecule is CCN(CC(F)(F)F)C(=O)c1cc2ccccc2c(N)n1. The minimum Gasteiger partial charge on any atom is -0.383 e. The van der Waals surface area contributed by atoms with Gasteiger partial charge in [0.15, 0.2) is 0 Å². The second-order valence-corrected chi connectivity index (χ2v) is 4.55. The first kappa shape index (κ1) is 15.1. The lowest BCUT2D eigenvalue weighted by Gasteiger charge is -2.22. The fourth-order valence-corrected chi connectivity index (χ4v) is 2.04. The molecule has 2 rings (SSSR count). The molecule has 0 saturated heterocycles. The summed E-state index contributed by atoms with van der Waals surface area (Å²) in [7, 11) is 0. The summed E-state index contributed by atoms with van der Waals surface area (Å²) in [6.45, 7) is 0.109. The molecule has 1 aromatic heterocycles. The van der Waals surface area contributed by atoms with E-state index in [0.717, 1.165) is 0 Å². The molecule has 2 N–H and O–H groups in total. The first-order chi connectivity index (χ1) is 9.81. The Morgan fingerprint density at radius 2 is 2.00 bits per heavy atom. The number of halogens is 3. The Hall–Kier alpha value is -2.31. The molecule has 0 atom stereocenters. The molecule has 1 heterocycles. The molecule has 7 heteroatoms. The summed E-state index contributed by atoms with van der Waals surface area (Å²) in [5.41, 5.74) is 5.67. The number of pyridine rings is 1. The standard InChI is InChI=1S/C14H14F3N3O/c1-2-20(8-14(15,16)17)13(21)11-7-9-5-3-4-6-10(9)12(18)19-11/h3-7H,2,8H2,1H3,(H2,18,19). The highest BCUT2D eigenvalue weighted by molar-refractivity contribution is 5.99. The fraction of sp³-hybridized carbons (Fsp3) is 0.286. The van der Waals surface area contributed by atoms with Gasteiger partial charge in [-0.2, -0.15) is 13.2 Å². The van der Waals surface area contributed by atoms with Crippen molar-refractivity contribution in [3.8, 4) is 0 Å². The van der Waals surface area contributed by atoms with Crippen LogP contribution in [0.15, 0.2) is 30.3 Å². The van der Waals surface area contributed by atoms with Crippen molar-refractivity contribution in [3.63, 3.8) is 0 Å². The van der Waals surface area contributed by atoms with E-state index >= 15 is 0 Å². The molecule has 0 aliphatic carbocycles. The summed E-state index contributed by atoms with van der Waals surface area (Å²) in [4.78, 5) is 16.8. The Kier molecular flexibility index (Phi) is 4.02. The van der Waals surface area contributed by atoms with Gasteiger partial charge in [-0.3, -0.25) is 4.79 Å². The maximum absolute atomic E-state index is 12.5. The van der Waals surface area contributed by atoms with Crippen molar-refractivity contribution in [3.05, 3.63) is 36.0 Å². The van der Waals surface area contributed by atoms with E-state index in [1.54, 1.807) is 24.3 Å². The predicted molar refractivity (Wildman–Crippen MR) is 73.8 cm³/mol. The zero-order valence-corrected chi connectivity index (χ0v) is 11.3. The molecule has 112 valence electrons. The van der Waals surface area contributed by atoms with Gasteiger partial charge in [-0.1, -0.05) is 24.3 Å². The second kappa shape index (κ2) is 5.59. The number of rotatable bonds is 3. The number of aromatic nitrogens is 1. The van der Waals surface area contributed by atoms with Gasteiger partial charge in [0.1, 0.15) is 18.1 Å². The molecule has 0 bridgehead atoms. The summed E-state index contributed by atoms with van der Waals surface area (Å²) in [5.74, 6) is -0.660. The van der Waals surface area contributed by atoms with Crippen molar-refractivity contribution < 1.29 is 18.0 Å². The lowest BCUT2D eigenvalue weighted by molar-refractivity contribution is -0.140. The molecule has 0 saturated carbocycles. The molecule has 0 aliphatic heterocycles. The Morgan fingerprint density at radius 3 is 2.62 bits per heavy atom. The largest absolute Gasteiger partial charge is 0.406 e. The molecule has 2 aromatic rings. The van der Waals surface area contributed by atoms with Crippen LogP contribution in [0.5, 0.6) is 0 Å². The van der Waals surface area contributed by atoms with Crippen molar-refractivity contribution in [1.29, 1.82) is 0 Å². The van der Waals surface area contributed by atoms with Crippen molar-refractivity contribution in [2.75, 3.05) is 18.8 Å².